The molecule has 8 heteroatoms. The number of thiophene rings is 1. The molecule has 1 saturated heterocycles. The number of anilines is 1. The van der Waals surface area contributed by atoms with Crippen LogP contribution >= 0.6 is 11.3 Å². The predicted octanol–water partition coefficient (Wildman–Crippen LogP) is 4.80. The predicted molar refractivity (Wildman–Crippen MR) is 101 cm³/mol. The summed E-state index contributed by atoms with van der Waals surface area (Å²) in [7, 11) is 0. The van der Waals surface area contributed by atoms with Gasteiger partial charge in [0, 0.05) is 23.7 Å². The van der Waals surface area contributed by atoms with Crippen LogP contribution < -0.4 is 10.6 Å². The van der Waals surface area contributed by atoms with Gasteiger partial charge in [0.2, 0.25) is 0 Å². The number of rotatable bonds is 5. The Labute approximate surface area is 160 Å². The molecule has 1 fully saturated rings. The van der Waals surface area contributed by atoms with Gasteiger partial charge in [-0.2, -0.15) is 13.2 Å². The third-order valence-electron chi connectivity index (χ3n) is 4.69. The van der Waals surface area contributed by atoms with Gasteiger partial charge in [-0.15, -0.1) is 11.3 Å². The molecule has 4 nitrogen and oxygen atoms in total. The molecule has 1 aliphatic rings. The lowest BCUT2D eigenvalue weighted by Crippen LogP contribution is -2.39. The molecular weight excluding hydrogens is 375 g/mol. The molecule has 0 bridgehead atoms. The van der Waals surface area contributed by atoms with E-state index in [4.69, 9.17) is 0 Å². The standard InChI is InChI=1S/C19H22F3N3OS/c20-19(21,22)15-3-5-16(6-4-15)24-18(26)23-12-14-7-9-25(10-8-14)13-17-2-1-11-27-17/h1-6,11,14H,7-10,12-13H2,(H2,23,24,26). The molecule has 2 N–H and O–H groups in total. The van der Waals surface area contributed by atoms with Crippen LogP contribution in [0.3, 0.4) is 0 Å². The van der Waals surface area contributed by atoms with Crippen LogP contribution in [0, 0.1) is 5.92 Å². The number of alkyl halides is 3. The fourth-order valence-corrected chi connectivity index (χ4v) is 3.87. The van der Waals surface area contributed by atoms with Gasteiger partial charge in [-0.1, -0.05) is 6.07 Å². The molecule has 0 unspecified atom stereocenters. The van der Waals surface area contributed by atoms with Crippen molar-refractivity contribution < 1.29 is 18.0 Å². The molecule has 0 radical (unpaired) electrons. The number of amides is 2. The van der Waals surface area contributed by atoms with Gasteiger partial charge in [-0.25, -0.2) is 4.79 Å². The van der Waals surface area contributed by atoms with Gasteiger partial charge in [0.15, 0.2) is 0 Å². The summed E-state index contributed by atoms with van der Waals surface area (Å²) in [6.45, 7) is 3.56. The number of halogens is 3. The van der Waals surface area contributed by atoms with E-state index in [0.717, 1.165) is 44.6 Å². The minimum absolute atomic E-state index is 0.339. The van der Waals surface area contributed by atoms with E-state index in [1.165, 1.54) is 17.0 Å². The normalized spacial score (nSPS) is 16.3. The minimum Gasteiger partial charge on any atom is -0.338 e. The minimum atomic E-state index is -4.38. The molecule has 1 aromatic heterocycles. The van der Waals surface area contributed by atoms with Crippen molar-refractivity contribution in [3.63, 3.8) is 0 Å². The second-order valence-corrected chi connectivity index (χ2v) is 7.74. The van der Waals surface area contributed by atoms with E-state index in [2.05, 4.69) is 33.0 Å². The van der Waals surface area contributed by atoms with Crippen LogP contribution in [-0.4, -0.2) is 30.6 Å². The highest BCUT2D eigenvalue weighted by atomic mass is 32.1. The lowest BCUT2D eigenvalue weighted by Gasteiger charge is -2.31. The molecule has 0 saturated carbocycles. The Morgan fingerprint density at radius 3 is 2.44 bits per heavy atom. The topological polar surface area (TPSA) is 44.4 Å². The van der Waals surface area contributed by atoms with E-state index in [9.17, 15) is 18.0 Å². The lowest BCUT2D eigenvalue weighted by atomic mass is 9.97. The maximum absolute atomic E-state index is 12.5. The zero-order chi connectivity index (χ0) is 19.3. The average Bonchev–Trinajstić information content (AvgIpc) is 3.14. The lowest BCUT2D eigenvalue weighted by molar-refractivity contribution is -0.137. The third-order valence-corrected chi connectivity index (χ3v) is 5.55. The Kier molecular flexibility index (Phi) is 6.38. The van der Waals surface area contributed by atoms with Gasteiger partial charge in [0.1, 0.15) is 0 Å². The molecule has 1 aromatic carbocycles. The Bertz CT molecular complexity index is 724. The van der Waals surface area contributed by atoms with Crippen LogP contribution in [0.5, 0.6) is 0 Å². The Balaban J connectivity index is 1.37. The van der Waals surface area contributed by atoms with Gasteiger partial charge in [0.25, 0.3) is 0 Å². The van der Waals surface area contributed by atoms with Crippen molar-refractivity contribution in [3.8, 4) is 0 Å². The number of nitrogens with one attached hydrogen (secondary N) is 2. The number of benzene rings is 1. The van der Waals surface area contributed by atoms with Crippen LogP contribution in [0.4, 0.5) is 23.7 Å². The SMILES string of the molecule is O=C(NCC1CCN(Cc2cccs2)CC1)Nc1ccc(C(F)(F)F)cc1. The van der Waals surface area contributed by atoms with E-state index in [1.54, 1.807) is 11.3 Å². The zero-order valence-electron chi connectivity index (χ0n) is 14.8. The molecule has 0 spiro atoms. The number of hydrogen-bond acceptors (Lipinski definition) is 3. The highest BCUT2D eigenvalue weighted by Gasteiger charge is 2.30. The van der Waals surface area contributed by atoms with Crippen molar-refractivity contribution in [1.29, 1.82) is 0 Å². The zero-order valence-corrected chi connectivity index (χ0v) is 15.6. The number of urea groups is 1. The van der Waals surface area contributed by atoms with Crippen LogP contribution in [-0.2, 0) is 12.7 Å². The van der Waals surface area contributed by atoms with Crippen LogP contribution in [0.2, 0.25) is 0 Å². The number of piperidine rings is 1. The average molecular weight is 397 g/mol. The van der Waals surface area contributed by atoms with Crippen molar-refractivity contribution >= 4 is 23.1 Å². The summed E-state index contributed by atoms with van der Waals surface area (Å²) < 4.78 is 37.6. The highest BCUT2D eigenvalue weighted by molar-refractivity contribution is 7.09. The van der Waals surface area contributed by atoms with Gasteiger partial charge in [-0.3, -0.25) is 4.90 Å². The molecular formula is C19H22F3N3OS. The fraction of sp³-hybridized carbons (Fsp3) is 0.421. The molecule has 2 amide bonds. The molecule has 0 aliphatic carbocycles. The fourth-order valence-electron chi connectivity index (χ4n) is 3.13. The first-order valence-corrected chi connectivity index (χ1v) is 9.75. The maximum Gasteiger partial charge on any atom is 0.416 e. The first-order chi connectivity index (χ1) is 12.9. The highest BCUT2D eigenvalue weighted by Crippen LogP contribution is 2.29. The summed E-state index contributed by atoms with van der Waals surface area (Å²) in [5.41, 5.74) is -0.394. The Morgan fingerprint density at radius 2 is 1.85 bits per heavy atom. The summed E-state index contributed by atoms with van der Waals surface area (Å²) in [6.07, 6.45) is -2.34. The van der Waals surface area contributed by atoms with E-state index >= 15 is 0 Å². The molecule has 0 atom stereocenters. The number of likely N-dealkylation sites (tertiary alicyclic amines) is 1. The molecule has 3 rings (SSSR count). The second-order valence-electron chi connectivity index (χ2n) is 6.71. The van der Waals surface area contributed by atoms with E-state index in [0.29, 0.717) is 18.2 Å². The number of hydrogen-bond donors (Lipinski definition) is 2. The molecule has 146 valence electrons. The third kappa shape index (κ3) is 5.97. The molecule has 2 heterocycles. The summed E-state index contributed by atoms with van der Waals surface area (Å²) in [5, 5.41) is 7.47. The van der Waals surface area contributed by atoms with Gasteiger partial charge in [-0.05, 0) is 67.6 Å². The summed E-state index contributed by atoms with van der Waals surface area (Å²) in [6, 6.07) is 8.24. The monoisotopic (exact) mass is 397 g/mol. The van der Waals surface area contributed by atoms with Crippen LogP contribution in [0.15, 0.2) is 41.8 Å². The molecule has 1 aliphatic heterocycles. The number of nitrogens with zero attached hydrogens (tertiary/aromatic N) is 1. The van der Waals surface area contributed by atoms with Gasteiger partial charge >= 0.3 is 12.2 Å². The first-order valence-electron chi connectivity index (χ1n) is 8.87. The maximum atomic E-state index is 12.5. The van der Waals surface area contributed by atoms with E-state index in [-0.39, 0.29) is 0 Å². The van der Waals surface area contributed by atoms with Crippen molar-refractivity contribution in [1.82, 2.24) is 10.2 Å². The Hall–Kier alpha value is -2.06. The first kappa shape index (κ1) is 19.7. The quantitative estimate of drug-likeness (QED) is 0.761. The summed E-state index contributed by atoms with van der Waals surface area (Å²) >= 11 is 1.77. The molecule has 2 aromatic rings. The van der Waals surface area contributed by atoms with Crippen molar-refractivity contribution in [3.05, 3.63) is 52.2 Å². The van der Waals surface area contributed by atoms with Gasteiger partial charge < -0.3 is 10.6 Å². The summed E-state index contributed by atoms with van der Waals surface area (Å²) in [4.78, 5) is 15.7. The number of carbonyl (C=O) groups is 1. The summed E-state index contributed by atoms with van der Waals surface area (Å²) in [5.74, 6) is 0.419. The second kappa shape index (κ2) is 8.75. The Morgan fingerprint density at radius 1 is 1.15 bits per heavy atom. The van der Waals surface area contributed by atoms with Crippen molar-refractivity contribution in [2.24, 2.45) is 5.92 Å². The van der Waals surface area contributed by atoms with E-state index in [1.807, 2.05) is 0 Å². The van der Waals surface area contributed by atoms with Gasteiger partial charge in [0.05, 0.1) is 5.56 Å². The number of carbonyl (C=O) groups excluding carboxylic acids is 1. The largest absolute Gasteiger partial charge is 0.416 e. The van der Waals surface area contributed by atoms with Crippen LogP contribution in [0.1, 0.15) is 23.3 Å². The van der Waals surface area contributed by atoms with Crippen LogP contribution in [0.25, 0.3) is 0 Å². The van der Waals surface area contributed by atoms with E-state index < -0.39 is 17.8 Å². The smallest absolute Gasteiger partial charge is 0.338 e. The van der Waals surface area contributed by atoms with Crippen molar-refractivity contribution in [2.75, 3.05) is 25.0 Å². The molecule has 27 heavy (non-hydrogen) atoms. The van der Waals surface area contributed by atoms with Crippen molar-refractivity contribution in [2.45, 2.75) is 25.6 Å².